The molecule has 112 valence electrons. The van der Waals surface area contributed by atoms with Crippen LogP contribution in [-0.4, -0.2) is 49.8 Å². The fraction of sp³-hybridized carbons (Fsp3) is 0.625. The van der Waals surface area contributed by atoms with E-state index in [2.05, 4.69) is 36.6 Å². The van der Waals surface area contributed by atoms with Crippen molar-refractivity contribution in [1.29, 1.82) is 0 Å². The fourth-order valence-corrected chi connectivity index (χ4v) is 2.71. The van der Waals surface area contributed by atoms with Crippen molar-refractivity contribution in [2.45, 2.75) is 32.9 Å². The Morgan fingerprint density at radius 2 is 2.25 bits per heavy atom. The molecular formula is C16H27N3O. The lowest BCUT2D eigenvalue weighted by molar-refractivity contribution is -0.0341. The zero-order chi connectivity index (χ0) is 14.5. The maximum Gasteiger partial charge on any atom is 0.0877 e. The molecular weight excluding hydrogens is 250 g/mol. The minimum atomic E-state index is 0.271. The van der Waals surface area contributed by atoms with E-state index >= 15 is 0 Å². The Morgan fingerprint density at radius 1 is 1.45 bits per heavy atom. The molecule has 0 aromatic heterocycles. The average molecular weight is 277 g/mol. The summed E-state index contributed by atoms with van der Waals surface area (Å²) in [5, 5.41) is 0. The summed E-state index contributed by atoms with van der Waals surface area (Å²) >= 11 is 0. The number of hydrogen-bond acceptors (Lipinski definition) is 4. The highest BCUT2D eigenvalue weighted by molar-refractivity contribution is 5.55. The Hall–Kier alpha value is -1.26. The van der Waals surface area contributed by atoms with Crippen LogP contribution in [0.25, 0.3) is 0 Å². The quantitative estimate of drug-likeness (QED) is 0.838. The van der Waals surface area contributed by atoms with Crippen LogP contribution in [0, 0.1) is 0 Å². The second kappa shape index (κ2) is 6.95. The van der Waals surface area contributed by atoms with E-state index in [1.54, 1.807) is 0 Å². The Kier molecular flexibility index (Phi) is 5.26. The van der Waals surface area contributed by atoms with E-state index in [-0.39, 0.29) is 6.10 Å². The first-order chi connectivity index (χ1) is 9.60. The highest BCUT2D eigenvalue weighted by atomic mass is 16.5. The first-order valence-corrected chi connectivity index (χ1v) is 7.56. The lowest BCUT2D eigenvalue weighted by Crippen LogP contribution is -2.49. The van der Waals surface area contributed by atoms with Gasteiger partial charge in [0.1, 0.15) is 0 Å². The number of benzene rings is 1. The topological polar surface area (TPSA) is 41.7 Å². The van der Waals surface area contributed by atoms with Crippen LogP contribution in [0.3, 0.4) is 0 Å². The summed E-state index contributed by atoms with van der Waals surface area (Å²) < 4.78 is 5.93. The third-order valence-corrected chi connectivity index (χ3v) is 3.94. The van der Waals surface area contributed by atoms with Crippen molar-refractivity contribution in [3.8, 4) is 0 Å². The van der Waals surface area contributed by atoms with Crippen LogP contribution < -0.4 is 10.6 Å². The van der Waals surface area contributed by atoms with E-state index in [4.69, 9.17) is 10.5 Å². The molecule has 1 atom stereocenters. The Morgan fingerprint density at radius 3 is 2.90 bits per heavy atom. The molecule has 4 heteroatoms. The molecule has 2 rings (SSSR count). The van der Waals surface area contributed by atoms with Gasteiger partial charge in [0.2, 0.25) is 0 Å². The summed E-state index contributed by atoms with van der Waals surface area (Å²) in [6, 6.07) is 8.67. The monoisotopic (exact) mass is 277 g/mol. The van der Waals surface area contributed by atoms with Crippen LogP contribution >= 0.6 is 0 Å². The average Bonchev–Trinajstić information content (AvgIpc) is 2.45. The lowest BCUT2D eigenvalue weighted by Gasteiger charge is -2.38. The van der Waals surface area contributed by atoms with Gasteiger partial charge in [-0.2, -0.15) is 0 Å². The molecule has 1 fully saturated rings. The first kappa shape index (κ1) is 15.1. The summed E-state index contributed by atoms with van der Waals surface area (Å²) in [6.45, 7) is 11.4. The van der Waals surface area contributed by atoms with Gasteiger partial charge >= 0.3 is 0 Å². The molecule has 1 heterocycles. The molecule has 0 aliphatic carbocycles. The molecule has 2 N–H and O–H groups in total. The number of nitrogens with two attached hydrogens (primary N) is 1. The van der Waals surface area contributed by atoms with Crippen LogP contribution in [0.4, 0.5) is 11.4 Å². The number of ether oxygens (including phenoxy) is 1. The van der Waals surface area contributed by atoms with Crippen LogP contribution in [0.2, 0.25) is 0 Å². The Bertz CT molecular complexity index is 422. The normalized spacial score (nSPS) is 20.3. The molecule has 0 amide bonds. The summed E-state index contributed by atoms with van der Waals surface area (Å²) in [5.41, 5.74) is 7.87. The Balaban J connectivity index is 1.99. The summed E-state index contributed by atoms with van der Waals surface area (Å²) in [4.78, 5) is 4.83. The molecule has 0 radical (unpaired) electrons. The van der Waals surface area contributed by atoms with Crippen molar-refractivity contribution in [3.63, 3.8) is 0 Å². The molecule has 1 aromatic rings. The predicted octanol–water partition coefficient (Wildman–Crippen LogP) is 2.20. The molecule has 1 unspecified atom stereocenters. The second-order valence-corrected chi connectivity index (χ2v) is 5.72. The van der Waals surface area contributed by atoms with Gasteiger partial charge in [-0.25, -0.2) is 0 Å². The zero-order valence-electron chi connectivity index (χ0n) is 12.9. The molecule has 0 bridgehead atoms. The predicted molar refractivity (Wildman–Crippen MR) is 85.2 cm³/mol. The Labute approximate surface area is 122 Å². The van der Waals surface area contributed by atoms with Crippen molar-refractivity contribution in [3.05, 3.63) is 24.3 Å². The van der Waals surface area contributed by atoms with E-state index in [0.29, 0.717) is 6.04 Å². The third kappa shape index (κ3) is 3.87. The van der Waals surface area contributed by atoms with Gasteiger partial charge < -0.3 is 15.4 Å². The molecule has 20 heavy (non-hydrogen) atoms. The number of rotatable bonds is 5. The van der Waals surface area contributed by atoms with Crippen molar-refractivity contribution >= 4 is 11.4 Å². The smallest absolute Gasteiger partial charge is 0.0877 e. The number of hydrogen-bond donors (Lipinski definition) is 1. The van der Waals surface area contributed by atoms with E-state index in [1.807, 2.05) is 18.2 Å². The van der Waals surface area contributed by atoms with Gasteiger partial charge in [-0.15, -0.1) is 0 Å². The number of nitrogen functional groups attached to an aromatic ring is 1. The largest absolute Gasteiger partial charge is 0.399 e. The van der Waals surface area contributed by atoms with Gasteiger partial charge in [0.15, 0.2) is 0 Å². The highest BCUT2D eigenvalue weighted by Crippen LogP contribution is 2.19. The van der Waals surface area contributed by atoms with E-state index in [0.717, 1.165) is 38.5 Å². The molecule has 0 spiro atoms. The minimum absolute atomic E-state index is 0.271. The summed E-state index contributed by atoms with van der Waals surface area (Å²) in [7, 11) is 0. The molecule has 1 saturated heterocycles. The lowest BCUT2D eigenvalue weighted by atomic mass is 10.2. The zero-order valence-corrected chi connectivity index (χ0v) is 12.9. The van der Waals surface area contributed by atoms with Gasteiger partial charge in [0.25, 0.3) is 0 Å². The van der Waals surface area contributed by atoms with Gasteiger partial charge in [0, 0.05) is 43.6 Å². The molecule has 4 nitrogen and oxygen atoms in total. The molecule has 0 saturated carbocycles. The number of morpholine rings is 1. The van der Waals surface area contributed by atoms with Crippen molar-refractivity contribution < 1.29 is 4.74 Å². The molecule has 1 aliphatic heterocycles. The highest BCUT2D eigenvalue weighted by Gasteiger charge is 2.23. The van der Waals surface area contributed by atoms with Gasteiger partial charge in [-0.1, -0.05) is 6.07 Å². The molecule has 1 aromatic carbocycles. The SMILES string of the molecule is CCN(CC1CN(C(C)C)CCO1)c1cccc(N)c1. The van der Waals surface area contributed by atoms with Crippen molar-refractivity contribution in [1.82, 2.24) is 4.90 Å². The van der Waals surface area contributed by atoms with Crippen LogP contribution in [0.15, 0.2) is 24.3 Å². The first-order valence-electron chi connectivity index (χ1n) is 7.56. The van der Waals surface area contributed by atoms with Crippen LogP contribution in [0.5, 0.6) is 0 Å². The number of anilines is 2. The fourth-order valence-electron chi connectivity index (χ4n) is 2.71. The summed E-state index contributed by atoms with van der Waals surface area (Å²) in [6.07, 6.45) is 0.271. The van der Waals surface area contributed by atoms with Gasteiger partial charge in [0.05, 0.1) is 12.7 Å². The minimum Gasteiger partial charge on any atom is -0.399 e. The van der Waals surface area contributed by atoms with E-state index in [9.17, 15) is 0 Å². The number of likely N-dealkylation sites (N-methyl/N-ethyl adjacent to an activating group) is 1. The van der Waals surface area contributed by atoms with Crippen molar-refractivity contribution in [2.24, 2.45) is 0 Å². The van der Waals surface area contributed by atoms with E-state index in [1.165, 1.54) is 5.69 Å². The van der Waals surface area contributed by atoms with Crippen molar-refractivity contribution in [2.75, 3.05) is 43.4 Å². The van der Waals surface area contributed by atoms with Gasteiger partial charge in [-0.3, -0.25) is 4.90 Å². The maximum atomic E-state index is 5.93. The van der Waals surface area contributed by atoms with Gasteiger partial charge in [-0.05, 0) is 39.0 Å². The van der Waals surface area contributed by atoms with Crippen LogP contribution in [-0.2, 0) is 4.74 Å². The standard InChI is InChI=1S/C16H27N3O/c1-4-18(15-7-5-6-14(17)10-15)11-16-12-19(13(2)3)8-9-20-16/h5-7,10,13,16H,4,8-9,11-12,17H2,1-3H3. The van der Waals surface area contributed by atoms with Crippen LogP contribution in [0.1, 0.15) is 20.8 Å². The summed E-state index contributed by atoms with van der Waals surface area (Å²) in [5.74, 6) is 0. The second-order valence-electron chi connectivity index (χ2n) is 5.72. The number of nitrogens with zero attached hydrogens (tertiary/aromatic N) is 2. The van der Waals surface area contributed by atoms with E-state index < -0.39 is 0 Å². The molecule has 1 aliphatic rings. The third-order valence-electron chi connectivity index (χ3n) is 3.94. The maximum absolute atomic E-state index is 5.93.